The summed E-state index contributed by atoms with van der Waals surface area (Å²) in [5, 5.41) is 10.0. The molecule has 2 heterocycles. The van der Waals surface area contributed by atoms with Crippen LogP contribution in [0.3, 0.4) is 0 Å². The van der Waals surface area contributed by atoms with E-state index in [1.165, 1.54) is 11.8 Å². The minimum absolute atomic E-state index is 0.175. The number of amides is 2. The fraction of sp³-hybridized carbons (Fsp3) is 0.258. The Balaban J connectivity index is 1.17. The van der Waals surface area contributed by atoms with E-state index in [4.69, 9.17) is 4.74 Å². The summed E-state index contributed by atoms with van der Waals surface area (Å²) in [6.45, 7) is 4.20. The van der Waals surface area contributed by atoms with Gasteiger partial charge >= 0.3 is 0 Å². The molecule has 7 nitrogen and oxygen atoms in total. The van der Waals surface area contributed by atoms with Crippen LogP contribution in [0, 0.1) is 5.92 Å². The molecule has 4 aromatic rings. The summed E-state index contributed by atoms with van der Waals surface area (Å²) < 4.78 is 6.01. The number of aromatic nitrogens is 1. The van der Waals surface area contributed by atoms with Gasteiger partial charge in [0.15, 0.2) is 0 Å². The van der Waals surface area contributed by atoms with E-state index in [1.54, 1.807) is 35.7 Å². The number of hydrogen-bond acceptors (Lipinski definition) is 7. The fourth-order valence-electron chi connectivity index (χ4n) is 4.55. The standard InChI is InChI=1S/C31H32N4O3S2/c1-3-6-20(16-32-2)19-38-23-12-9-21(10-13-23)31-34-18-24(39-31)17-33-29(36)22-11-14-28-26(15-22)35-30(37)25-7-4-5-8-27(25)40-28/h4-5,7-15,18,20,32H,3,6,16-17,19H2,1-2H3,(H,33,36)(H,35,37). The third kappa shape index (κ3) is 6.72. The van der Waals surface area contributed by atoms with Crippen LogP contribution >= 0.6 is 23.1 Å². The van der Waals surface area contributed by atoms with Gasteiger partial charge in [-0.2, -0.15) is 0 Å². The lowest BCUT2D eigenvalue weighted by Crippen LogP contribution is -2.24. The predicted molar refractivity (Wildman–Crippen MR) is 162 cm³/mol. The number of benzene rings is 3. The summed E-state index contributed by atoms with van der Waals surface area (Å²) in [4.78, 5) is 32.9. The zero-order valence-corrected chi connectivity index (χ0v) is 24.2. The van der Waals surface area contributed by atoms with E-state index >= 15 is 0 Å². The second kappa shape index (κ2) is 13.1. The lowest BCUT2D eigenvalue weighted by Gasteiger charge is -2.16. The maximum absolute atomic E-state index is 12.9. The van der Waals surface area contributed by atoms with E-state index in [1.807, 2.05) is 55.6 Å². The summed E-state index contributed by atoms with van der Waals surface area (Å²) in [5.74, 6) is 0.960. The molecule has 3 aromatic carbocycles. The molecule has 0 spiro atoms. The van der Waals surface area contributed by atoms with Crippen molar-refractivity contribution in [3.8, 4) is 16.3 Å². The number of carbonyl (C=O) groups excluding carboxylic acids is 2. The molecule has 1 aliphatic rings. The number of nitrogens with zero attached hydrogens (tertiary/aromatic N) is 1. The van der Waals surface area contributed by atoms with Crippen molar-refractivity contribution in [2.75, 3.05) is 25.5 Å². The number of nitrogens with one attached hydrogen (secondary N) is 3. The van der Waals surface area contributed by atoms with Crippen molar-refractivity contribution in [3.05, 3.63) is 88.9 Å². The second-order valence-corrected chi connectivity index (χ2v) is 11.8. The highest BCUT2D eigenvalue weighted by Crippen LogP contribution is 2.39. The highest BCUT2D eigenvalue weighted by Gasteiger charge is 2.21. The fourth-order valence-corrected chi connectivity index (χ4v) is 6.42. The third-order valence-electron chi connectivity index (χ3n) is 6.59. The van der Waals surface area contributed by atoms with Gasteiger partial charge in [-0.05, 0) is 68.1 Å². The summed E-state index contributed by atoms with van der Waals surface area (Å²) in [6, 6.07) is 20.9. The first-order chi connectivity index (χ1) is 19.5. The van der Waals surface area contributed by atoms with Crippen molar-refractivity contribution in [1.82, 2.24) is 15.6 Å². The smallest absolute Gasteiger partial charge is 0.256 e. The van der Waals surface area contributed by atoms with Crippen LogP contribution in [-0.2, 0) is 6.54 Å². The van der Waals surface area contributed by atoms with Gasteiger partial charge in [-0.3, -0.25) is 9.59 Å². The first-order valence-corrected chi connectivity index (χ1v) is 15.0. The van der Waals surface area contributed by atoms with E-state index < -0.39 is 0 Å². The first-order valence-electron chi connectivity index (χ1n) is 13.4. The largest absolute Gasteiger partial charge is 0.493 e. The minimum Gasteiger partial charge on any atom is -0.493 e. The van der Waals surface area contributed by atoms with Crippen molar-refractivity contribution in [3.63, 3.8) is 0 Å². The molecule has 206 valence electrons. The number of rotatable bonds is 11. The monoisotopic (exact) mass is 572 g/mol. The molecule has 0 bridgehead atoms. The summed E-state index contributed by atoms with van der Waals surface area (Å²) in [6.07, 6.45) is 4.07. The van der Waals surface area contributed by atoms with Crippen molar-refractivity contribution in [2.24, 2.45) is 5.92 Å². The van der Waals surface area contributed by atoms with Crippen LogP contribution in [0.5, 0.6) is 5.75 Å². The van der Waals surface area contributed by atoms with Gasteiger partial charge in [0.2, 0.25) is 0 Å². The van der Waals surface area contributed by atoms with Gasteiger partial charge in [-0.1, -0.05) is 37.2 Å². The van der Waals surface area contributed by atoms with Gasteiger partial charge in [-0.25, -0.2) is 4.98 Å². The Morgan fingerprint density at radius 1 is 1.07 bits per heavy atom. The Morgan fingerprint density at radius 3 is 2.70 bits per heavy atom. The molecule has 1 atom stereocenters. The van der Waals surface area contributed by atoms with E-state index in [0.717, 1.165) is 50.4 Å². The molecule has 40 heavy (non-hydrogen) atoms. The lowest BCUT2D eigenvalue weighted by molar-refractivity contribution is 0.0949. The maximum atomic E-state index is 12.9. The Kier molecular flexibility index (Phi) is 9.15. The normalized spacial score (nSPS) is 13.0. The van der Waals surface area contributed by atoms with Crippen LogP contribution in [0.25, 0.3) is 10.6 Å². The quantitative estimate of drug-likeness (QED) is 0.191. The molecule has 0 aliphatic carbocycles. The molecule has 3 N–H and O–H groups in total. The molecule has 0 fully saturated rings. The van der Waals surface area contributed by atoms with Crippen LogP contribution in [0.1, 0.15) is 45.4 Å². The Morgan fingerprint density at radius 2 is 1.90 bits per heavy atom. The summed E-state index contributed by atoms with van der Waals surface area (Å²) >= 11 is 3.06. The number of thiazole rings is 1. The molecular weight excluding hydrogens is 541 g/mol. The van der Waals surface area contributed by atoms with Crippen LogP contribution in [-0.4, -0.2) is 37.0 Å². The molecule has 0 radical (unpaired) electrons. The average molecular weight is 573 g/mol. The minimum atomic E-state index is -0.208. The Hall–Kier alpha value is -3.66. The van der Waals surface area contributed by atoms with Gasteiger partial charge < -0.3 is 20.7 Å². The molecule has 1 aliphatic heterocycles. The van der Waals surface area contributed by atoms with Crippen LogP contribution in [0.2, 0.25) is 0 Å². The zero-order chi connectivity index (χ0) is 27.9. The van der Waals surface area contributed by atoms with Gasteiger partial charge in [-0.15, -0.1) is 11.3 Å². The molecule has 1 aromatic heterocycles. The first kappa shape index (κ1) is 27.9. The maximum Gasteiger partial charge on any atom is 0.256 e. The molecular formula is C31H32N4O3S2. The molecule has 1 unspecified atom stereocenters. The summed E-state index contributed by atoms with van der Waals surface area (Å²) in [7, 11) is 1.97. The lowest BCUT2D eigenvalue weighted by atomic mass is 10.1. The van der Waals surface area contributed by atoms with E-state index in [2.05, 4.69) is 27.9 Å². The van der Waals surface area contributed by atoms with E-state index in [-0.39, 0.29) is 11.8 Å². The summed E-state index contributed by atoms with van der Waals surface area (Å²) in [5.41, 5.74) is 2.76. The zero-order valence-electron chi connectivity index (χ0n) is 22.5. The van der Waals surface area contributed by atoms with Gasteiger partial charge in [0.05, 0.1) is 24.4 Å². The van der Waals surface area contributed by atoms with Crippen molar-refractivity contribution < 1.29 is 14.3 Å². The van der Waals surface area contributed by atoms with Crippen LogP contribution in [0.15, 0.2) is 82.7 Å². The molecule has 0 saturated heterocycles. The van der Waals surface area contributed by atoms with Crippen LogP contribution < -0.4 is 20.7 Å². The SMILES string of the molecule is CCCC(CNC)COc1ccc(-c2ncc(CNC(=O)c3ccc4c(c3)NC(=O)c3ccccc3S4)s2)cc1. The highest BCUT2D eigenvalue weighted by atomic mass is 32.2. The molecule has 5 rings (SSSR count). The van der Waals surface area contributed by atoms with E-state index in [9.17, 15) is 9.59 Å². The molecule has 2 amide bonds. The number of anilines is 1. The average Bonchev–Trinajstić information content (AvgIpc) is 3.40. The van der Waals surface area contributed by atoms with Crippen molar-refractivity contribution in [2.45, 2.75) is 36.1 Å². The number of carbonyl (C=O) groups is 2. The van der Waals surface area contributed by atoms with Crippen molar-refractivity contribution >= 4 is 40.6 Å². The Bertz CT molecular complexity index is 1480. The predicted octanol–water partition coefficient (Wildman–Crippen LogP) is 6.47. The Labute approximate surface area is 242 Å². The number of hydrogen-bond donors (Lipinski definition) is 3. The van der Waals surface area contributed by atoms with Crippen molar-refractivity contribution in [1.29, 1.82) is 0 Å². The van der Waals surface area contributed by atoms with Crippen LogP contribution in [0.4, 0.5) is 5.69 Å². The number of ether oxygens (including phenoxy) is 1. The third-order valence-corrected chi connectivity index (χ3v) is 8.79. The topological polar surface area (TPSA) is 92.3 Å². The van der Waals surface area contributed by atoms with Gasteiger partial charge in [0, 0.05) is 44.5 Å². The molecule has 9 heteroatoms. The highest BCUT2D eigenvalue weighted by molar-refractivity contribution is 7.99. The van der Waals surface area contributed by atoms with Gasteiger partial charge in [0.1, 0.15) is 10.8 Å². The number of fused-ring (bicyclic) bond motifs is 2. The second-order valence-electron chi connectivity index (χ2n) is 9.63. The van der Waals surface area contributed by atoms with Gasteiger partial charge in [0.25, 0.3) is 11.8 Å². The molecule has 0 saturated carbocycles. The van der Waals surface area contributed by atoms with E-state index in [0.29, 0.717) is 35.9 Å².